The summed E-state index contributed by atoms with van der Waals surface area (Å²) < 4.78 is 10.3. The molecule has 1 heterocycles. The van der Waals surface area contributed by atoms with E-state index in [1.54, 1.807) is 36.4 Å². The van der Waals surface area contributed by atoms with Crippen molar-refractivity contribution in [2.24, 2.45) is 0 Å². The van der Waals surface area contributed by atoms with Crippen molar-refractivity contribution >= 4 is 11.8 Å². The van der Waals surface area contributed by atoms with Gasteiger partial charge in [0.2, 0.25) is 5.76 Å². The fourth-order valence-electron chi connectivity index (χ4n) is 1.72. The van der Waals surface area contributed by atoms with E-state index in [1.807, 2.05) is 0 Å². The van der Waals surface area contributed by atoms with E-state index in [-0.39, 0.29) is 11.5 Å². The van der Waals surface area contributed by atoms with E-state index >= 15 is 0 Å². The Morgan fingerprint density at radius 1 is 1.19 bits per heavy atom. The molecule has 0 saturated carbocycles. The van der Waals surface area contributed by atoms with E-state index < -0.39 is 12.1 Å². The highest BCUT2D eigenvalue weighted by atomic mass is 16.6. The number of hydrogen-bond acceptors (Lipinski definition) is 5. The molecular formula is C16H13NO4. The normalized spacial score (nSPS) is 11.5. The van der Waals surface area contributed by atoms with Crippen LogP contribution in [0.2, 0.25) is 0 Å². The van der Waals surface area contributed by atoms with Crippen LogP contribution in [0, 0.1) is 11.3 Å². The zero-order valence-corrected chi connectivity index (χ0v) is 11.6. The zero-order valence-electron chi connectivity index (χ0n) is 11.6. The minimum atomic E-state index is -0.832. The molecule has 0 N–H and O–H groups in total. The molecule has 106 valence electrons. The average Bonchev–Trinajstić information content (AvgIpc) is 2.97. The van der Waals surface area contributed by atoms with Gasteiger partial charge in [-0.25, -0.2) is 4.79 Å². The average molecular weight is 283 g/mol. The first-order chi connectivity index (χ1) is 10.0. The van der Waals surface area contributed by atoms with Gasteiger partial charge in [-0.05, 0) is 26.0 Å². The Balaban J connectivity index is 2.18. The van der Waals surface area contributed by atoms with Crippen LogP contribution in [-0.2, 0) is 4.74 Å². The lowest BCUT2D eigenvalue weighted by Gasteiger charge is -2.03. The van der Waals surface area contributed by atoms with Crippen LogP contribution < -0.4 is 0 Å². The molecule has 1 aromatic carbocycles. The van der Waals surface area contributed by atoms with Gasteiger partial charge in [0, 0.05) is 11.1 Å². The van der Waals surface area contributed by atoms with Crippen LogP contribution in [-0.4, -0.2) is 17.9 Å². The minimum Gasteiger partial charge on any atom is -0.449 e. The number of ether oxygens (including phenoxy) is 1. The maximum absolute atomic E-state index is 11.7. The number of nitrogens with zero attached hydrogens (tertiary/aromatic N) is 1. The molecule has 2 aromatic rings. The molecule has 0 spiro atoms. The summed E-state index contributed by atoms with van der Waals surface area (Å²) in [7, 11) is 0. The van der Waals surface area contributed by atoms with Crippen molar-refractivity contribution in [1.82, 2.24) is 0 Å². The summed E-state index contributed by atoms with van der Waals surface area (Å²) in [6, 6.07) is 11.8. The second-order valence-electron chi connectivity index (χ2n) is 4.47. The van der Waals surface area contributed by atoms with Gasteiger partial charge in [0.25, 0.3) is 0 Å². The molecule has 0 radical (unpaired) electrons. The Morgan fingerprint density at radius 2 is 1.86 bits per heavy atom. The summed E-state index contributed by atoms with van der Waals surface area (Å²) in [6.45, 7) is 2.97. The van der Waals surface area contributed by atoms with Gasteiger partial charge >= 0.3 is 5.97 Å². The molecule has 2 rings (SSSR count). The molecule has 0 aliphatic heterocycles. The maximum Gasteiger partial charge on any atom is 0.375 e. The Labute approximate surface area is 121 Å². The molecule has 0 bridgehead atoms. The first kappa shape index (κ1) is 14.5. The van der Waals surface area contributed by atoms with Crippen LogP contribution in [0.15, 0.2) is 40.8 Å². The Kier molecular flexibility index (Phi) is 4.19. The summed E-state index contributed by atoms with van der Waals surface area (Å²) in [5.74, 6) is -0.184. The number of carbonyl (C=O) groups excluding carboxylic acids is 2. The van der Waals surface area contributed by atoms with E-state index in [1.165, 1.54) is 19.9 Å². The fraction of sp³-hybridized carbons (Fsp3) is 0.188. The summed E-state index contributed by atoms with van der Waals surface area (Å²) >= 11 is 0. The molecule has 0 aliphatic carbocycles. The number of nitriles is 1. The fourth-order valence-corrected chi connectivity index (χ4v) is 1.72. The molecule has 1 atom stereocenters. The quantitative estimate of drug-likeness (QED) is 0.635. The third-order valence-corrected chi connectivity index (χ3v) is 2.85. The van der Waals surface area contributed by atoms with E-state index in [0.717, 1.165) is 5.56 Å². The van der Waals surface area contributed by atoms with Gasteiger partial charge in [-0.15, -0.1) is 0 Å². The standard InChI is InChI=1S/C16H13NO4/c1-10(9-17)20-16(19)15-8-7-14(21-15)13-5-3-12(4-6-13)11(2)18/h3-8,10H,1-2H3. The first-order valence-corrected chi connectivity index (χ1v) is 6.33. The molecule has 21 heavy (non-hydrogen) atoms. The number of hydrogen-bond donors (Lipinski definition) is 0. The molecule has 5 nitrogen and oxygen atoms in total. The van der Waals surface area contributed by atoms with Crippen molar-refractivity contribution in [2.45, 2.75) is 20.0 Å². The van der Waals surface area contributed by atoms with Crippen LogP contribution in [0.3, 0.4) is 0 Å². The van der Waals surface area contributed by atoms with Crippen molar-refractivity contribution in [3.8, 4) is 17.4 Å². The number of Topliss-reactive ketones (excluding diaryl/α,β-unsaturated/α-hetero) is 1. The smallest absolute Gasteiger partial charge is 0.375 e. The van der Waals surface area contributed by atoms with Gasteiger partial charge in [0.05, 0.1) is 0 Å². The monoisotopic (exact) mass is 283 g/mol. The van der Waals surface area contributed by atoms with Gasteiger partial charge in [0.1, 0.15) is 11.8 Å². The third-order valence-electron chi connectivity index (χ3n) is 2.85. The number of rotatable bonds is 4. The van der Waals surface area contributed by atoms with E-state index in [0.29, 0.717) is 11.3 Å². The van der Waals surface area contributed by atoms with Gasteiger partial charge in [-0.1, -0.05) is 24.3 Å². The molecule has 1 unspecified atom stereocenters. The van der Waals surface area contributed by atoms with Gasteiger partial charge in [-0.2, -0.15) is 5.26 Å². The molecule has 0 saturated heterocycles. The lowest BCUT2D eigenvalue weighted by atomic mass is 10.1. The van der Waals surface area contributed by atoms with Crippen molar-refractivity contribution in [2.75, 3.05) is 0 Å². The van der Waals surface area contributed by atoms with E-state index in [2.05, 4.69) is 0 Å². The summed E-state index contributed by atoms with van der Waals surface area (Å²) in [6.07, 6.45) is -0.832. The van der Waals surface area contributed by atoms with E-state index in [9.17, 15) is 9.59 Å². The second kappa shape index (κ2) is 6.06. The highest BCUT2D eigenvalue weighted by Crippen LogP contribution is 2.23. The van der Waals surface area contributed by atoms with Gasteiger partial charge in [0.15, 0.2) is 11.9 Å². The van der Waals surface area contributed by atoms with Crippen molar-refractivity contribution in [1.29, 1.82) is 5.26 Å². The number of furan rings is 1. The highest BCUT2D eigenvalue weighted by Gasteiger charge is 2.16. The molecule has 5 heteroatoms. The van der Waals surface area contributed by atoms with Crippen LogP contribution in [0.25, 0.3) is 11.3 Å². The van der Waals surface area contributed by atoms with Crippen molar-refractivity contribution in [3.63, 3.8) is 0 Å². The molecule has 0 fully saturated rings. The van der Waals surface area contributed by atoms with Crippen molar-refractivity contribution < 1.29 is 18.7 Å². The number of esters is 1. The Bertz CT molecular complexity index is 707. The zero-order chi connectivity index (χ0) is 15.4. The first-order valence-electron chi connectivity index (χ1n) is 6.33. The van der Waals surface area contributed by atoms with E-state index in [4.69, 9.17) is 14.4 Å². The minimum absolute atomic E-state index is 0.0178. The predicted octanol–water partition coefficient (Wildman–Crippen LogP) is 3.22. The lowest BCUT2D eigenvalue weighted by molar-refractivity contribution is 0.0400. The number of ketones is 1. The molecule has 1 aromatic heterocycles. The van der Waals surface area contributed by atoms with Gasteiger partial charge < -0.3 is 9.15 Å². The summed E-state index contributed by atoms with van der Waals surface area (Å²) in [4.78, 5) is 22.9. The third kappa shape index (κ3) is 3.37. The highest BCUT2D eigenvalue weighted by molar-refractivity contribution is 5.94. The largest absolute Gasteiger partial charge is 0.449 e. The number of carbonyl (C=O) groups is 2. The SMILES string of the molecule is CC(=O)c1ccc(-c2ccc(C(=O)OC(C)C#N)o2)cc1. The number of benzene rings is 1. The Hall–Kier alpha value is -2.87. The van der Waals surface area contributed by atoms with Gasteiger partial charge in [-0.3, -0.25) is 4.79 Å². The van der Waals surface area contributed by atoms with Crippen LogP contribution in [0.4, 0.5) is 0 Å². The molecule has 0 amide bonds. The predicted molar refractivity (Wildman–Crippen MR) is 74.6 cm³/mol. The van der Waals surface area contributed by atoms with Crippen LogP contribution in [0.5, 0.6) is 0 Å². The summed E-state index contributed by atoms with van der Waals surface area (Å²) in [5.41, 5.74) is 1.35. The van der Waals surface area contributed by atoms with Crippen LogP contribution in [0.1, 0.15) is 34.8 Å². The Morgan fingerprint density at radius 3 is 2.43 bits per heavy atom. The molecular weight excluding hydrogens is 270 g/mol. The van der Waals surface area contributed by atoms with Crippen molar-refractivity contribution in [3.05, 3.63) is 47.7 Å². The lowest BCUT2D eigenvalue weighted by Crippen LogP contribution is -2.12. The second-order valence-corrected chi connectivity index (χ2v) is 4.47. The molecule has 0 aliphatic rings. The topological polar surface area (TPSA) is 80.3 Å². The summed E-state index contributed by atoms with van der Waals surface area (Å²) in [5, 5.41) is 8.60. The van der Waals surface area contributed by atoms with Crippen LogP contribution >= 0.6 is 0 Å². The maximum atomic E-state index is 11.7.